The summed E-state index contributed by atoms with van der Waals surface area (Å²) in [5.41, 5.74) is 1.97. The van der Waals surface area contributed by atoms with Gasteiger partial charge >= 0.3 is 0 Å². The van der Waals surface area contributed by atoms with E-state index in [1.807, 2.05) is 24.3 Å². The maximum atomic E-state index is 12.8. The molecule has 0 unspecified atom stereocenters. The predicted octanol–water partition coefficient (Wildman–Crippen LogP) is 3.90. The number of nitrogens with one attached hydrogen (secondary N) is 1. The highest BCUT2D eigenvalue weighted by Crippen LogP contribution is 2.27. The Morgan fingerprint density at radius 2 is 1.82 bits per heavy atom. The van der Waals surface area contributed by atoms with Gasteiger partial charge in [0.2, 0.25) is 15.9 Å². The second-order valence-corrected chi connectivity index (χ2v) is 9.50. The van der Waals surface area contributed by atoms with E-state index in [-0.39, 0.29) is 35.0 Å². The lowest BCUT2D eigenvalue weighted by Crippen LogP contribution is -2.41. The second-order valence-electron chi connectivity index (χ2n) is 7.24. The third kappa shape index (κ3) is 4.54. The summed E-state index contributed by atoms with van der Waals surface area (Å²) in [7, 11) is -3.71. The van der Waals surface area contributed by atoms with Crippen molar-refractivity contribution in [3.8, 4) is 0 Å². The minimum Gasteiger partial charge on any atom is -0.326 e. The summed E-state index contributed by atoms with van der Waals surface area (Å²) >= 11 is 5.95. The first-order valence-corrected chi connectivity index (χ1v) is 11.1. The molecule has 2 heterocycles. The van der Waals surface area contributed by atoms with Crippen molar-refractivity contribution in [2.45, 2.75) is 37.5 Å². The van der Waals surface area contributed by atoms with Crippen LogP contribution in [0.2, 0.25) is 5.15 Å². The first kappa shape index (κ1) is 20.8. The number of hydrogen-bond donors (Lipinski definition) is 1. The molecule has 0 aliphatic carbocycles. The number of halogens is 1. The molecule has 1 aromatic heterocycles. The number of carbonyl (C=O) groups is 1. The van der Waals surface area contributed by atoms with Gasteiger partial charge in [-0.25, -0.2) is 13.4 Å². The maximum Gasteiger partial charge on any atom is 0.246 e. The normalized spacial score (nSPS) is 16.3. The number of amides is 1. The first-order chi connectivity index (χ1) is 13.3. The van der Waals surface area contributed by atoms with E-state index in [0.717, 1.165) is 5.69 Å². The molecule has 1 aliphatic heterocycles. The number of rotatable bonds is 5. The van der Waals surface area contributed by atoms with Crippen molar-refractivity contribution in [1.82, 2.24) is 9.29 Å². The Morgan fingerprint density at radius 1 is 1.18 bits per heavy atom. The van der Waals surface area contributed by atoms with Gasteiger partial charge in [0, 0.05) is 30.9 Å². The van der Waals surface area contributed by atoms with Crippen LogP contribution in [0.3, 0.4) is 0 Å². The standard InChI is InChI=1S/C20H24ClN3O3S/c1-14(2)15-5-7-17(8-6-15)23-20(25)16-9-12-24(13-10-16)28(26,27)18-4-3-11-22-19(18)21/h3-8,11,14,16H,9-10,12-13H2,1-2H3,(H,23,25). The Bertz CT molecular complexity index is 937. The number of aromatic nitrogens is 1. The average molecular weight is 422 g/mol. The number of piperidine rings is 1. The average Bonchev–Trinajstić information content (AvgIpc) is 2.68. The van der Waals surface area contributed by atoms with Crippen LogP contribution in [0.4, 0.5) is 5.69 Å². The molecule has 1 saturated heterocycles. The van der Waals surface area contributed by atoms with Gasteiger partial charge in [-0.1, -0.05) is 37.6 Å². The van der Waals surface area contributed by atoms with Crippen LogP contribution in [0, 0.1) is 5.92 Å². The van der Waals surface area contributed by atoms with Crippen LogP contribution in [0.5, 0.6) is 0 Å². The molecule has 0 saturated carbocycles. The van der Waals surface area contributed by atoms with Crippen LogP contribution in [-0.2, 0) is 14.8 Å². The molecule has 8 heteroatoms. The molecule has 1 aromatic carbocycles. The van der Waals surface area contributed by atoms with E-state index in [0.29, 0.717) is 18.8 Å². The zero-order valence-corrected chi connectivity index (χ0v) is 17.5. The van der Waals surface area contributed by atoms with Crippen molar-refractivity contribution < 1.29 is 13.2 Å². The number of nitrogens with zero attached hydrogens (tertiary/aromatic N) is 2. The molecule has 3 rings (SSSR count). The van der Waals surface area contributed by atoms with Gasteiger partial charge in [-0.3, -0.25) is 4.79 Å². The lowest BCUT2D eigenvalue weighted by atomic mass is 9.97. The highest BCUT2D eigenvalue weighted by Gasteiger charge is 2.33. The Hall–Kier alpha value is -1.96. The summed E-state index contributed by atoms with van der Waals surface area (Å²) in [6.45, 7) is 4.79. The van der Waals surface area contributed by atoms with E-state index in [1.54, 1.807) is 6.07 Å². The van der Waals surface area contributed by atoms with Gasteiger partial charge in [0.15, 0.2) is 0 Å². The highest BCUT2D eigenvalue weighted by molar-refractivity contribution is 7.89. The number of hydrogen-bond acceptors (Lipinski definition) is 4. The van der Waals surface area contributed by atoms with Gasteiger partial charge in [0.05, 0.1) is 0 Å². The molecule has 0 atom stereocenters. The summed E-state index contributed by atoms with van der Waals surface area (Å²) in [4.78, 5) is 16.4. The summed E-state index contributed by atoms with van der Waals surface area (Å²) in [6.07, 6.45) is 2.38. The van der Waals surface area contributed by atoms with Crippen molar-refractivity contribution in [2.24, 2.45) is 5.92 Å². The van der Waals surface area contributed by atoms with E-state index in [4.69, 9.17) is 11.6 Å². The fourth-order valence-corrected chi connectivity index (χ4v) is 5.15. The third-order valence-electron chi connectivity index (χ3n) is 5.01. The van der Waals surface area contributed by atoms with Gasteiger partial charge < -0.3 is 5.32 Å². The number of anilines is 1. The minimum atomic E-state index is -3.71. The first-order valence-electron chi connectivity index (χ1n) is 9.30. The van der Waals surface area contributed by atoms with Crippen LogP contribution in [0.1, 0.15) is 38.2 Å². The zero-order chi connectivity index (χ0) is 20.3. The van der Waals surface area contributed by atoms with Crippen LogP contribution in [0.25, 0.3) is 0 Å². The van der Waals surface area contributed by atoms with Gasteiger partial charge in [0.25, 0.3) is 0 Å². The predicted molar refractivity (Wildman–Crippen MR) is 110 cm³/mol. The SMILES string of the molecule is CC(C)c1ccc(NC(=O)C2CCN(S(=O)(=O)c3cccnc3Cl)CC2)cc1. The van der Waals surface area contributed by atoms with Crippen molar-refractivity contribution in [3.05, 3.63) is 53.3 Å². The zero-order valence-electron chi connectivity index (χ0n) is 15.9. The highest BCUT2D eigenvalue weighted by atomic mass is 35.5. The van der Waals surface area contributed by atoms with Crippen molar-refractivity contribution >= 4 is 33.2 Å². The largest absolute Gasteiger partial charge is 0.326 e. The van der Waals surface area contributed by atoms with Crippen LogP contribution in [0.15, 0.2) is 47.5 Å². The number of carbonyl (C=O) groups excluding carboxylic acids is 1. The molecule has 2 aromatic rings. The van der Waals surface area contributed by atoms with Crippen molar-refractivity contribution in [3.63, 3.8) is 0 Å². The maximum absolute atomic E-state index is 12.8. The molecular weight excluding hydrogens is 398 g/mol. The third-order valence-corrected chi connectivity index (χ3v) is 7.36. The van der Waals surface area contributed by atoms with E-state index in [2.05, 4.69) is 24.1 Å². The van der Waals surface area contributed by atoms with Crippen LogP contribution in [-0.4, -0.2) is 36.7 Å². The Balaban J connectivity index is 1.60. The molecule has 0 radical (unpaired) electrons. The number of pyridine rings is 1. The van der Waals surface area contributed by atoms with Gasteiger partial charge in [-0.05, 0) is 48.6 Å². The van der Waals surface area contributed by atoms with E-state index < -0.39 is 10.0 Å². The van der Waals surface area contributed by atoms with Crippen molar-refractivity contribution in [1.29, 1.82) is 0 Å². The smallest absolute Gasteiger partial charge is 0.246 e. The number of sulfonamides is 1. The topological polar surface area (TPSA) is 79.4 Å². The van der Waals surface area contributed by atoms with E-state index >= 15 is 0 Å². The van der Waals surface area contributed by atoms with Gasteiger partial charge in [0.1, 0.15) is 10.0 Å². The monoisotopic (exact) mass is 421 g/mol. The minimum absolute atomic E-state index is 0.00445. The summed E-state index contributed by atoms with van der Waals surface area (Å²) < 4.78 is 26.9. The fourth-order valence-electron chi connectivity index (χ4n) is 3.26. The summed E-state index contributed by atoms with van der Waals surface area (Å²) in [5.74, 6) is 0.138. The van der Waals surface area contributed by atoms with Gasteiger partial charge in [-0.2, -0.15) is 4.31 Å². The van der Waals surface area contributed by atoms with Crippen LogP contribution >= 0.6 is 11.6 Å². The van der Waals surface area contributed by atoms with Crippen LogP contribution < -0.4 is 5.32 Å². The molecule has 28 heavy (non-hydrogen) atoms. The van der Waals surface area contributed by atoms with Crippen molar-refractivity contribution in [2.75, 3.05) is 18.4 Å². The summed E-state index contributed by atoms with van der Waals surface area (Å²) in [6, 6.07) is 10.8. The van der Waals surface area contributed by atoms with Gasteiger partial charge in [-0.15, -0.1) is 0 Å². The Labute approximate surface area is 171 Å². The Morgan fingerprint density at radius 3 is 2.39 bits per heavy atom. The quantitative estimate of drug-likeness (QED) is 0.742. The Kier molecular flexibility index (Phi) is 6.37. The molecule has 1 aliphatic rings. The molecule has 1 N–H and O–H groups in total. The number of benzene rings is 1. The lowest BCUT2D eigenvalue weighted by Gasteiger charge is -2.30. The fraction of sp³-hybridized carbons (Fsp3) is 0.400. The molecule has 0 bridgehead atoms. The van der Waals surface area contributed by atoms with E-state index in [1.165, 1.54) is 22.1 Å². The van der Waals surface area contributed by atoms with E-state index in [9.17, 15) is 13.2 Å². The molecule has 6 nitrogen and oxygen atoms in total. The second kappa shape index (κ2) is 8.59. The lowest BCUT2D eigenvalue weighted by molar-refractivity contribution is -0.120. The molecule has 1 amide bonds. The molecular formula is C20H24ClN3O3S. The molecule has 1 fully saturated rings. The summed E-state index contributed by atoms with van der Waals surface area (Å²) in [5, 5.41) is 2.90. The molecule has 150 valence electrons. The molecule has 0 spiro atoms.